The average molecular weight is 238 g/mol. The number of hydrogen-bond donors (Lipinski definition) is 0. The van der Waals surface area contributed by atoms with Gasteiger partial charge in [-0.05, 0) is 30.2 Å². The lowest BCUT2D eigenvalue weighted by Gasteiger charge is -2.14. The number of methoxy groups -OCH3 is 4. The molecule has 0 amide bonds. The molecular formula is C13H18O4. The van der Waals surface area contributed by atoms with Crippen molar-refractivity contribution in [2.75, 3.05) is 28.4 Å². The van der Waals surface area contributed by atoms with Crippen molar-refractivity contribution in [2.45, 2.75) is 6.92 Å². The molecule has 0 unspecified atom stereocenters. The zero-order valence-corrected chi connectivity index (χ0v) is 10.9. The van der Waals surface area contributed by atoms with E-state index in [1.807, 2.05) is 19.1 Å². The predicted molar refractivity (Wildman–Crippen MR) is 66.8 cm³/mol. The number of rotatable bonds is 5. The second-order valence-electron chi connectivity index (χ2n) is 3.45. The van der Waals surface area contributed by atoms with Gasteiger partial charge in [0, 0.05) is 0 Å². The molecule has 0 radical (unpaired) electrons. The van der Waals surface area contributed by atoms with Crippen molar-refractivity contribution >= 4 is 5.57 Å². The van der Waals surface area contributed by atoms with Crippen LogP contribution < -0.4 is 14.2 Å². The summed E-state index contributed by atoms with van der Waals surface area (Å²) in [7, 11) is 6.38. The van der Waals surface area contributed by atoms with Crippen LogP contribution in [0.4, 0.5) is 0 Å². The van der Waals surface area contributed by atoms with E-state index in [1.54, 1.807) is 34.7 Å². The van der Waals surface area contributed by atoms with Crippen LogP contribution in [0.25, 0.3) is 5.57 Å². The Bertz CT molecular complexity index is 385. The van der Waals surface area contributed by atoms with Gasteiger partial charge in [-0.25, -0.2) is 0 Å². The minimum absolute atomic E-state index is 0.587. The molecular weight excluding hydrogens is 220 g/mol. The smallest absolute Gasteiger partial charge is 0.203 e. The third-order valence-electron chi connectivity index (χ3n) is 2.41. The standard InChI is InChI=1S/C13H18O4/c1-9(8-14-2)10-6-11(15-3)13(17-5)12(7-10)16-4/h6-8H,1-5H3/b9-8+. The van der Waals surface area contributed by atoms with E-state index >= 15 is 0 Å². The Labute approximate surface area is 102 Å². The van der Waals surface area contributed by atoms with Crippen molar-refractivity contribution in [2.24, 2.45) is 0 Å². The van der Waals surface area contributed by atoms with Gasteiger partial charge in [0.05, 0.1) is 34.7 Å². The van der Waals surface area contributed by atoms with E-state index in [-0.39, 0.29) is 0 Å². The normalized spacial score (nSPS) is 11.0. The molecule has 0 aromatic heterocycles. The molecule has 0 heterocycles. The highest BCUT2D eigenvalue weighted by atomic mass is 16.5. The van der Waals surface area contributed by atoms with Crippen LogP contribution in [0.15, 0.2) is 18.4 Å². The molecule has 0 aliphatic rings. The fourth-order valence-electron chi connectivity index (χ4n) is 1.55. The molecule has 0 bridgehead atoms. The van der Waals surface area contributed by atoms with Gasteiger partial charge in [-0.2, -0.15) is 0 Å². The van der Waals surface area contributed by atoms with Gasteiger partial charge in [0.15, 0.2) is 11.5 Å². The van der Waals surface area contributed by atoms with Crippen molar-refractivity contribution in [1.29, 1.82) is 0 Å². The lowest BCUT2D eigenvalue weighted by molar-refractivity contribution is 0.324. The summed E-state index contributed by atoms with van der Waals surface area (Å²) in [6.07, 6.45) is 1.67. The second-order valence-corrected chi connectivity index (χ2v) is 3.45. The molecule has 0 saturated carbocycles. The van der Waals surface area contributed by atoms with Crippen LogP contribution in [0.2, 0.25) is 0 Å². The average Bonchev–Trinajstić information content (AvgIpc) is 2.37. The molecule has 0 saturated heterocycles. The monoisotopic (exact) mass is 238 g/mol. The zero-order valence-electron chi connectivity index (χ0n) is 10.9. The van der Waals surface area contributed by atoms with E-state index in [1.165, 1.54) is 0 Å². The first-order valence-electron chi connectivity index (χ1n) is 5.17. The summed E-state index contributed by atoms with van der Waals surface area (Å²) in [5, 5.41) is 0. The quantitative estimate of drug-likeness (QED) is 0.739. The van der Waals surface area contributed by atoms with Gasteiger partial charge < -0.3 is 18.9 Å². The van der Waals surface area contributed by atoms with Gasteiger partial charge >= 0.3 is 0 Å². The van der Waals surface area contributed by atoms with Crippen molar-refractivity contribution in [3.05, 3.63) is 24.0 Å². The largest absolute Gasteiger partial charge is 0.504 e. The van der Waals surface area contributed by atoms with Crippen LogP contribution in [-0.4, -0.2) is 28.4 Å². The van der Waals surface area contributed by atoms with Crippen LogP contribution in [0.1, 0.15) is 12.5 Å². The molecule has 0 spiro atoms. The first kappa shape index (κ1) is 13.2. The molecule has 0 aliphatic heterocycles. The Morgan fingerprint density at radius 3 is 1.82 bits per heavy atom. The predicted octanol–water partition coefficient (Wildman–Crippen LogP) is 2.72. The Kier molecular flexibility index (Phi) is 4.69. The lowest BCUT2D eigenvalue weighted by atomic mass is 10.1. The number of benzene rings is 1. The third-order valence-corrected chi connectivity index (χ3v) is 2.41. The number of ether oxygens (including phenoxy) is 4. The zero-order chi connectivity index (χ0) is 12.8. The van der Waals surface area contributed by atoms with Crippen LogP contribution in [0.5, 0.6) is 17.2 Å². The molecule has 4 nitrogen and oxygen atoms in total. The van der Waals surface area contributed by atoms with Crippen LogP contribution in [0.3, 0.4) is 0 Å². The summed E-state index contributed by atoms with van der Waals surface area (Å²) in [5.41, 5.74) is 1.94. The van der Waals surface area contributed by atoms with E-state index in [9.17, 15) is 0 Å². The van der Waals surface area contributed by atoms with Crippen LogP contribution >= 0.6 is 0 Å². The fourth-order valence-corrected chi connectivity index (χ4v) is 1.55. The topological polar surface area (TPSA) is 36.9 Å². The summed E-state index contributed by atoms with van der Waals surface area (Å²) in [6.45, 7) is 1.95. The Balaban J connectivity index is 3.32. The van der Waals surface area contributed by atoms with Gasteiger partial charge in [0.1, 0.15) is 0 Å². The summed E-state index contributed by atoms with van der Waals surface area (Å²) in [6, 6.07) is 3.76. The van der Waals surface area contributed by atoms with Crippen molar-refractivity contribution in [1.82, 2.24) is 0 Å². The first-order valence-corrected chi connectivity index (χ1v) is 5.17. The van der Waals surface area contributed by atoms with E-state index in [0.717, 1.165) is 11.1 Å². The summed E-state index contributed by atoms with van der Waals surface area (Å²) >= 11 is 0. The highest BCUT2D eigenvalue weighted by molar-refractivity contribution is 5.69. The Morgan fingerprint density at radius 2 is 1.47 bits per heavy atom. The van der Waals surface area contributed by atoms with Crippen LogP contribution in [-0.2, 0) is 4.74 Å². The van der Waals surface area contributed by atoms with E-state index in [4.69, 9.17) is 18.9 Å². The van der Waals surface area contributed by atoms with Crippen molar-refractivity contribution in [3.63, 3.8) is 0 Å². The van der Waals surface area contributed by atoms with E-state index in [2.05, 4.69) is 0 Å². The maximum Gasteiger partial charge on any atom is 0.203 e. The molecule has 94 valence electrons. The minimum Gasteiger partial charge on any atom is -0.504 e. The second kappa shape index (κ2) is 6.03. The number of allylic oxidation sites excluding steroid dienone is 1. The number of hydrogen-bond acceptors (Lipinski definition) is 4. The molecule has 0 fully saturated rings. The van der Waals surface area contributed by atoms with Gasteiger partial charge in [0.25, 0.3) is 0 Å². The Hall–Kier alpha value is -1.84. The highest BCUT2D eigenvalue weighted by Gasteiger charge is 2.13. The summed E-state index contributed by atoms with van der Waals surface area (Å²) in [4.78, 5) is 0. The highest BCUT2D eigenvalue weighted by Crippen LogP contribution is 2.39. The molecule has 1 aromatic rings. The Morgan fingerprint density at radius 1 is 0.941 bits per heavy atom. The third kappa shape index (κ3) is 2.84. The van der Waals surface area contributed by atoms with Crippen molar-refractivity contribution < 1.29 is 18.9 Å². The van der Waals surface area contributed by atoms with Crippen LogP contribution in [0, 0.1) is 0 Å². The summed E-state index contributed by atoms with van der Waals surface area (Å²) in [5.74, 6) is 1.85. The molecule has 0 atom stereocenters. The maximum atomic E-state index is 5.27. The van der Waals surface area contributed by atoms with Gasteiger partial charge in [-0.3, -0.25) is 0 Å². The maximum absolute atomic E-state index is 5.27. The van der Waals surface area contributed by atoms with E-state index in [0.29, 0.717) is 17.2 Å². The molecule has 4 heteroatoms. The molecule has 0 N–H and O–H groups in total. The van der Waals surface area contributed by atoms with E-state index < -0.39 is 0 Å². The van der Waals surface area contributed by atoms with Gasteiger partial charge in [0.2, 0.25) is 5.75 Å². The molecule has 17 heavy (non-hydrogen) atoms. The summed E-state index contributed by atoms with van der Waals surface area (Å²) < 4.78 is 20.8. The van der Waals surface area contributed by atoms with Gasteiger partial charge in [-0.15, -0.1) is 0 Å². The SMILES string of the molecule is CO/C=C(\C)c1cc(OC)c(OC)c(OC)c1. The minimum atomic E-state index is 0.587. The molecule has 1 rings (SSSR count). The lowest BCUT2D eigenvalue weighted by Crippen LogP contribution is -1.96. The first-order chi connectivity index (χ1) is 8.17. The fraction of sp³-hybridized carbons (Fsp3) is 0.385. The van der Waals surface area contributed by atoms with Gasteiger partial charge in [-0.1, -0.05) is 0 Å². The van der Waals surface area contributed by atoms with Crippen molar-refractivity contribution in [3.8, 4) is 17.2 Å². The molecule has 1 aromatic carbocycles. The molecule has 0 aliphatic carbocycles.